The average Bonchev–Trinajstić information content (AvgIpc) is 2.10. The van der Waals surface area contributed by atoms with Gasteiger partial charge in [-0.05, 0) is 50.7 Å². The van der Waals surface area contributed by atoms with Crippen LogP contribution in [0.1, 0.15) is 16.7 Å². The minimum absolute atomic E-state index is 0.977. The van der Waals surface area contributed by atoms with E-state index in [1.807, 2.05) is 0 Å². The minimum Gasteiger partial charge on any atom is -0.496 e. The average molecular weight is 193 g/mol. The smallest absolute Gasteiger partial charge is 0.122 e. The van der Waals surface area contributed by atoms with Crippen molar-refractivity contribution in [2.24, 2.45) is 0 Å². The molecule has 14 heavy (non-hydrogen) atoms. The second-order valence-corrected chi connectivity index (χ2v) is 3.99. The molecule has 0 aliphatic carbocycles. The third kappa shape index (κ3) is 2.48. The summed E-state index contributed by atoms with van der Waals surface area (Å²) in [5.41, 5.74) is 3.87. The number of aryl methyl sites for hydroxylation is 2. The molecule has 0 radical (unpaired) electrons. The predicted octanol–water partition coefficient (Wildman–Crippen LogP) is 2.37. The Hall–Kier alpha value is -1.02. The maximum atomic E-state index is 5.27. The van der Waals surface area contributed by atoms with Gasteiger partial charge >= 0.3 is 0 Å². The zero-order valence-corrected chi connectivity index (χ0v) is 9.72. The molecule has 0 saturated carbocycles. The van der Waals surface area contributed by atoms with Crippen molar-refractivity contribution in [1.29, 1.82) is 0 Å². The molecule has 78 valence electrons. The van der Waals surface area contributed by atoms with Crippen LogP contribution in [-0.2, 0) is 6.54 Å². The largest absolute Gasteiger partial charge is 0.496 e. The lowest BCUT2D eigenvalue weighted by Gasteiger charge is -2.14. The van der Waals surface area contributed by atoms with Gasteiger partial charge in [0.05, 0.1) is 7.11 Å². The molecular weight excluding hydrogens is 174 g/mol. The van der Waals surface area contributed by atoms with Crippen LogP contribution >= 0.6 is 0 Å². The molecule has 1 aromatic rings. The van der Waals surface area contributed by atoms with Gasteiger partial charge in [0.1, 0.15) is 5.75 Å². The Morgan fingerprint density at radius 2 is 1.79 bits per heavy atom. The molecule has 1 aromatic carbocycles. The molecule has 0 aromatic heterocycles. The van der Waals surface area contributed by atoms with Crippen molar-refractivity contribution in [3.05, 3.63) is 28.8 Å². The lowest BCUT2D eigenvalue weighted by atomic mass is 10.0. The van der Waals surface area contributed by atoms with Gasteiger partial charge in [-0.2, -0.15) is 0 Å². The van der Waals surface area contributed by atoms with E-state index in [2.05, 4.69) is 45.0 Å². The lowest BCUT2D eigenvalue weighted by molar-refractivity contribution is 0.397. The standard InChI is InChI=1S/C12H19NO/c1-9-7-12(14-5)10(2)6-11(9)8-13(3)4/h6-7H,8H2,1-5H3. The van der Waals surface area contributed by atoms with E-state index in [4.69, 9.17) is 4.74 Å². The van der Waals surface area contributed by atoms with E-state index >= 15 is 0 Å². The summed E-state index contributed by atoms with van der Waals surface area (Å²) in [6, 6.07) is 4.31. The Bertz CT molecular complexity index is 318. The van der Waals surface area contributed by atoms with Crippen molar-refractivity contribution in [2.75, 3.05) is 21.2 Å². The summed E-state index contributed by atoms with van der Waals surface area (Å²) in [6.07, 6.45) is 0. The second kappa shape index (κ2) is 4.47. The van der Waals surface area contributed by atoms with E-state index in [-0.39, 0.29) is 0 Å². The minimum atomic E-state index is 0.977. The van der Waals surface area contributed by atoms with Crippen molar-refractivity contribution in [3.8, 4) is 5.75 Å². The number of hydrogen-bond donors (Lipinski definition) is 0. The van der Waals surface area contributed by atoms with Gasteiger partial charge in [0.25, 0.3) is 0 Å². The fourth-order valence-corrected chi connectivity index (χ4v) is 1.58. The summed E-state index contributed by atoms with van der Waals surface area (Å²) in [7, 11) is 5.88. The normalized spacial score (nSPS) is 10.7. The molecule has 1 rings (SSSR count). The summed E-state index contributed by atoms with van der Waals surface area (Å²) in [6.45, 7) is 5.19. The number of ether oxygens (including phenoxy) is 1. The maximum absolute atomic E-state index is 5.27. The predicted molar refractivity (Wildman–Crippen MR) is 59.9 cm³/mol. The Kier molecular flexibility index (Phi) is 3.53. The SMILES string of the molecule is COc1cc(C)c(CN(C)C)cc1C. The van der Waals surface area contributed by atoms with E-state index in [0.29, 0.717) is 0 Å². The van der Waals surface area contributed by atoms with Gasteiger partial charge in [-0.1, -0.05) is 6.07 Å². The number of rotatable bonds is 3. The molecule has 0 fully saturated rings. The van der Waals surface area contributed by atoms with E-state index in [1.54, 1.807) is 7.11 Å². The first-order chi connectivity index (χ1) is 6.54. The molecule has 2 heteroatoms. The van der Waals surface area contributed by atoms with E-state index < -0.39 is 0 Å². The number of benzene rings is 1. The fraction of sp³-hybridized carbons (Fsp3) is 0.500. The lowest BCUT2D eigenvalue weighted by Crippen LogP contribution is -2.12. The van der Waals surface area contributed by atoms with E-state index in [1.165, 1.54) is 16.7 Å². The Balaban J connectivity index is 3.02. The van der Waals surface area contributed by atoms with Crippen LogP contribution in [0.5, 0.6) is 5.75 Å². The quantitative estimate of drug-likeness (QED) is 0.730. The summed E-state index contributed by atoms with van der Waals surface area (Å²) in [4.78, 5) is 2.17. The van der Waals surface area contributed by atoms with Crippen LogP contribution in [0.25, 0.3) is 0 Å². The van der Waals surface area contributed by atoms with Gasteiger partial charge in [0.2, 0.25) is 0 Å². The molecule has 0 bridgehead atoms. The van der Waals surface area contributed by atoms with Crippen LogP contribution in [0.3, 0.4) is 0 Å². The topological polar surface area (TPSA) is 12.5 Å². The van der Waals surface area contributed by atoms with Gasteiger partial charge < -0.3 is 9.64 Å². The molecule has 0 saturated heterocycles. The zero-order valence-electron chi connectivity index (χ0n) is 9.72. The highest BCUT2D eigenvalue weighted by Gasteiger charge is 2.05. The highest BCUT2D eigenvalue weighted by molar-refractivity contribution is 5.41. The van der Waals surface area contributed by atoms with Crippen LogP contribution in [0.2, 0.25) is 0 Å². The van der Waals surface area contributed by atoms with E-state index in [9.17, 15) is 0 Å². The van der Waals surface area contributed by atoms with Crippen molar-refractivity contribution in [1.82, 2.24) is 4.90 Å². The summed E-state index contributed by atoms with van der Waals surface area (Å²) in [5.74, 6) is 0.977. The van der Waals surface area contributed by atoms with Gasteiger partial charge in [0.15, 0.2) is 0 Å². The third-order valence-electron chi connectivity index (χ3n) is 2.34. The molecule has 0 aliphatic rings. The maximum Gasteiger partial charge on any atom is 0.122 e. The van der Waals surface area contributed by atoms with Crippen molar-refractivity contribution in [3.63, 3.8) is 0 Å². The first-order valence-electron chi connectivity index (χ1n) is 4.83. The van der Waals surface area contributed by atoms with Crippen molar-refractivity contribution in [2.45, 2.75) is 20.4 Å². The zero-order chi connectivity index (χ0) is 10.7. The number of methoxy groups -OCH3 is 1. The van der Waals surface area contributed by atoms with Gasteiger partial charge in [-0.3, -0.25) is 0 Å². The second-order valence-electron chi connectivity index (χ2n) is 3.99. The Morgan fingerprint density at radius 1 is 1.14 bits per heavy atom. The molecule has 2 nitrogen and oxygen atoms in total. The highest BCUT2D eigenvalue weighted by Crippen LogP contribution is 2.22. The van der Waals surface area contributed by atoms with E-state index in [0.717, 1.165) is 12.3 Å². The first kappa shape index (κ1) is 11.1. The van der Waals surface area contributed by atoms with Crippen LogP contribution in [0.15, 0.2) is 12.1 Å². The molecular formula is C12H19NO. The molecule has 0 aliphatic heterocycles. The molecule has 0 atom stereocenters. The number of hydrogen-bond acceptors (Lipinski definition) is 2. The summed E-state index contributed by atoms with van der Waals surface area (Å²) >= 11 is 0. The molecule has 0 unspecified atom stereocenters. The summed E-state index contributed by atoms with van der Waals surface area (Å²) in [5, 5.41) is 0. The summed E-state index contributed by atoms with van der Waals surface area (Å²) < 4.78 is 5.27. The molecule has 0 N–H and O–H groups in total. The number of nitrogens with zero attached hydrogens (tertiary/aromatic N) is 1. The van der Waals surface area contributed by atoms with Gasteiger partial charge in [0, 0.05) is 6.54 Å². The third-order valence-corrected chi connectivity index (χ3v) is 2.34. The van der Waals surface area contributed by atoms with Crippen LogP contribution in [0, 0.1) is 13.8 Å². The molecule has 0 heterocycles. The molecule has 0 amide bonds. The van der Waals surface area contributed by atoms with Crippen molar-refractivity contribution < 1.29 is 4.74 Å². The van der Waals surface area contributed by atoms with Crippen LogP contribution in [-0.4, -0.2) is 26.1 Å². The fourth-order valence-electron chi connectivity index (χ4n) is 1.58. The Morgan fingerprint density at radius 3 is 2.29 bits per heavy atom. The van der Waals surface area contributed by atoms with Gasteiger partial charge in [-0.25, -0.2) is 0 Å². The van der Waals surface area contributed by atoms with Crippen molar-refractivity contribution >= 4 is 0 Å². The Labute approximate surface area is 86.5 Å². The molecule has 0 spiro atoms. The first-order valence-corrected chi connectivity index (χ1v) is 4.83. The van der Waals surface area contributed by atoms with Crippen LogP contribution < -0.4 is 4.74 Å². The van der Waals surface area contributed by atoms with Gasteiger partial charge in [-0.15, -0.1) is 0 Å². The van der Waals surface area contributed by atoms with Crippen LogP contribution in [0.4, 0.5) is 0 Å². The monoisotopic (exact) mass is 193 g/mol. The highest BCUT2D eigenvalue weighted by atomic mass is 16.5.